The topological polar surface area (TPSA) is 50.5 Å². The number of quaternary nitrogens is 1. The molecule has 3 heterocycles. The van der Waals surface area contributed by atoms with Crippen LogP contribution < -0.4 is 9.88 Å². The van der Waals surface area contributed by atoms with Gasteiger partial charge in [-0.2, -0.15) is 0 Å². The van der Waals surface area contributed by atoms with E-state index < -0.39 is 0 Å². The summed E-state index contributed by atoms with van der Waals surface area (Å²) in [7, 11) is 0. The van der Waals surface area contributed by atoms with Gasteiger partial charge in [0.25, 0.3) is 5.37 Å². The molecule has 4 aromatic rings. The third kappa shape index (κ3) is 3.42. The second kappa shape index (κ2) is 7.54. The van der Waals surface area contributed by atoms with Gasteiger partial charge in [0.1, 0.15) is 5.52 Å². The van der Waals surface area contributed by atoms with Crippen molar-refractivity contribution in [3.63, 3.8) is 0 Å². The molecule has 0 spiro atoms. The number of nitrogens with zero attached hydrogens (tertiary/aromatic N) is 2. The number of aromatic nitrogens is 2. The van der Waals surface area contributed by atoms with Gasteiger partial charge in [-0.25, -0.2) is 0 Å². The number of carbonyl (C=O) groups excluding carboxylic acids is 1. The first-order valence-corrected chi connectivity index (χ1v) is 10.3. The molecule has 0 atom stereocenters. The molecule has 142 valence electrons. The van der Waals surface area contributed by atoms with Gasteiger partial charge in [0.15, 0.2) is 23.3 Å². The fraction of sp³-hybridized carbons (Fsp3) is 0.0417. The summed E-state index contributed by atoms with van der Waals surface area (Å²) in [6.07, 6.45) is 5.57. The Kier molecular flexibility index (Phi) is 4.60. The zero-order valence-corrected chi connectivity index (χ0v) is 16.5. The van der Waals surface area contributed by atoms with Gasteiger partial charge < -0.3 is 15.1 Å². The SMILES string of the molecule is O=C(c1c[n+](Cc2ccccc2)[c-]2ccccc12)[C-]1C=[S+][C-](c2cccnc2)[NH2+]1. The zero-order chi connectivity index (χ0) is 19.6. The predicted molar refractivity (Wildman–Crippen MR) is 115 cm³/mol. The van der Waals surface area contributed by atoms with E-state index in [1.165, 1.54) is 5.56 Å². The fourth-order valence-electron chi connectivity index (χ4n) is 3.61. The van der Waals surface area contributed by atoms with E-state index in [0.717, 1.165) is 40.0 Å². The van der Waals surface area contributed by atoms with Crippen LogP contribution in [0.5, 0.6) is 0 Å². The average molecular weight is 398 g/mol. The summed E-state index contributed by atoms with van der Waals surface area (Å²) < 4.78 is 2.16. The molecule has 0 fully saturated rings. The number of ketones is 1. The third-order valence-electron chi connectivity index (χ3n) is 5.04. The number of carbonyl (C=O) groups is 1. The van der Waals surface area contributed by atoms with Crippen LogP contribution in [0, 0.1) is 11.4 Å². The van der Waals surface area contributed by atoms with E-state index >= 15 is 0 Å². The van der Waals surface area contributed by atoms with Gasteiger partial charge >= 0.3 is 0 Å². The van der Waals surface area contributed by atoms with Gasteiger partial charge in [0, 0.05) is 11.8 Å². The zero-order valence-electron chi connectivity index (χ0n) is 15.7. The minimum Gasteiger partial charge on any atom is -0.346 e. The Morgan fingerprint density at radius 3 is 2.76 bits per heavy atom. The normalized spacial score (nSPS) is 13.4. The molecule has 0 saturated heterocycles. The summed E-state index contributed by atoms with van der Waals surface area (Å²) in [6, 6.07) is 23.1. The lowest BCUT2D eigenvalue weighted by Gasteiger charge is -2.14. The smallest absolute Gasteiger partial charge is 0.277 e. The van der Waals surface area contributed by atoms with Crippen LogP contribution in [-0.4, -0.2) is 16.1 Å². The Bertz CT molecular complexity index is 1180. The van der Waals surface area contributed by atoms with E-state index in [1.807, 2.05) is 71.6 Å². The molecule has 2 aromatic carbocycles. The molecular weight excluding hydrogens is 378 g/mol. The van der Waals surface area contributed by atoms with Crippen molar-refractivity contribution in [1.29, 1.82) is 0 Å². The number of Topliss-reactive ketones (excluding diaryl/α,β-unsaturated/α-hetero) is 1. The van der Waals surface area contributed by atoms with Crippen molar-refractivity contribution in [2.75, 3.05) is 0 Å². The number of para-hydroxylation sites is 1. The van der Waals surface area contributed by atoms with Crippen LogP contribution in [0.1, 0.15) is 21.5 Å². The van der Waals surface area contributed by atoms with Gasteiger partial charge in [0.05, 0.1) is 11.8 Å². The maximum absolute atomic E-state index is 13.3. The fourth-order valence-corrected chi connectivity index (χ4v) is 4.49. The summed E-state index contributed by atoms with van der Waals surface area (Å²) in [6.45, 7) is 0.735. The molecule has 0 saturated carbocycles. The lowest BCUT2D eigenvalue weighted by Crippen LogP contribution is -2.86. The van der Waals surface area contributed by atoms with Crippen molar-refractivity contribution in [3.8, 4) is 0 Å². The van der Waals surface area contributed by atoms with Crippen molar-refractivity contribution in [2.45, 2.75) is 6.54 Å². The number of benzene rings is 2. The Morgan fingerprint density at radius 2 is 1.93 bits per heavy atom. The molecule has 1 aliphatic heterocycles. The number of nitrogens with two attached hydrogens (primary N) is 1. The number of hydrogen-bond donors (Lipinski definition) is 1. The maximum Gasteiger partial charge on any atom is 0.277 e. The first-order chi connectivity index (χ1) is 14.3. The van der Waals surface area contributed by atoms with Gasteiger partial charge in [-0.15, -0.1) is 24.3 Å². The molecule has 1 aliphatic rings. The number of fused-ring (bicyclic) bond motifs is 1. The van der Waals surface area contributed by atoms with E-state index in [-0.39, 0.29) is 5.78 Å². The lowest BCUT2D eigenvalue weighted by molar-refractivity contribution is -0.660. The van der Waals surface area contributed by atoms with Crippen LogP contribution in [0.4, 0.5) is 0 Å². The van der Waals surface area contributed by atoms with Crippen LogP contribution >= 0.6 is 0 Å². The second-order valence-corrected chi connectivity index (χ2v) is 7.86. The Hall–Kier alpha value is -3.41. The van der Waals surface area contributed by atoms with Crippen LogP contribution in [0.25, 0.3) is 10.9 Å². The molecule has 2 aromatic heterocycles. The molecule has 0 unspecified atom stereocenters. The molecule has 0 radical (unpaired) electrons. The standard InChI is InChI=1S/C24H19N3OS/c28-23(21-16-29-24(26-21)18-9-6-12-25-13-18)20-15-27(14-17-7-2-1-3-8-17)22-11-5-4-10-19(20)22/h1-13,15-16H,14,26H2. The maximum atomic E-state index is 13.3. The van der Waals surface area contributed by atoms with E-state index in [0.29, 0.717) is 0 Å². The summed E-state index contributed by atoms with van der Waals surface area (Å²) in [5.74, 6) is 0.0550. The van der Waals surface area contributed by atoms with E-state index in [2.05, 4.69) is 27.8 Å². The Morgan fingerprint density at radius 1 is 1.07 bits per heavy atom. The largest absolute Gasteiger partial charge is 0.346 e. The average Bonchev–Trinajstić information content (AvgIpc) is 3.41. The van der Waals surface area contributed by atoms with E-state index in [9.17, 15) is 4.79 Å². The van der Waals surface area contributed by atoms with Crippen molar-refractivity contribution in [2.24, 2.45) is 0 Å². The van der Waals surface area contributed by atoms with Gasteiger partial charge in [-0.1, -0.05) is 59.6 Å². The van der Waals surface area contributed by atoms with Crippen molar-refractivity contribution in [1.82, 2.24) is 4.98 Å². The predicted octanol–water partition coefficient (Wildman–Crippen LogP) is 2.00. The van der Waals surface area contributed by atoms with Crippen LogP contribution in [0.3, 0.4) is 0 Å². The quantitative estimate of drug-likeness (QED) is 0.184. The van der Waals surface area contributed by atoms with Gasteiger partial charge in [-0.3, -0.25) is 4.57 Å². The van der Waals surface area contributed by atoms with Crippen molar-refractivity contribution < 1.29 is 14.7 Å². The van der Waals surface area contributed by atoms with Crippen molar-refractivity contribution >= 4 is 33.4 Å². The molecule has 0 bridgehead atoms. The number of hydrogen-bond acceptors (Lipinski definition) is 2. The molecule has 29 heavy (non-hydrogen) atoms. The van der Waals surface area contributed by atoms with Crippen LogP contribution in [-0.2, 0) is 17.9 Å². The highest BCUT2D eigenvalue weighted by molar-refractivity contribution is 7.81. The van der Waals surface area contributed by atoms with Gasteiger partial charge in [0.2, 0.25) is 0 Å². The highest BCUT2D eigenvalue weighted by Crippen LogP contribution is 2.21. The van der Waals surface area contributed by atoms with E-state index in [1.54, 1.807) is 17.5 Å². The third-order valence-corrected chi connectivity index (χ3v) is 6.02. The van der Waals surface area contributed by atoms with Gasteiger partial charge in [-0.05, 0) is 11.8 Å². The minimum absolute atomic E-state index is 0.0550. The molecule has 0 aliphatic carbocycles. The molecule has 5 rings (SSSR count). The summed E-state index contributed by atoms with van der Waals surface area (Å²) in [4.78, 5) is 17.5. The first-order valence-electron chi connectivity index (χ1n) is 9.45. The highest BCUT2D eigenvalue weighted by Gasteiger charge is 2.31. The van der Waals surface area contributed by atoms with Crippen LogP contribution in [0.2, 0.25) is 0 Å². The lowest BCUT2D eigenvalue weighted by atomic mass is 10.0. The monoisotopic (exact) mass is 397 g/mol. The molecular formula is C24H19N3OS. The second-order valence-electron chi connectivity index (χ2n) is 6.94. The molecule has 4 nitrogen and oxygen atoms in total. The number of pyridine rings is 1. The summed E-state index contributed by atoms with van der Waals surface area (Å²) >= 11 is 1.57. The van der Waals surface area contributed by atoms with E-state index in [4.69, 9.17) is 0 Å². The van der Waals surface area contributed by atoms with Crippen LogP contribution in [0.15, 0.2) is 85.3 Å². The summed E-state index contributed by atoms with van der Waals surface area (Å²) in [5, 5.41) is 5.94. The molecule has 0 amide bonds. The minimum atomic E-state index is 0.0550. The molecule has 5 heteroatoms. The Balaban J connectivity index is 1.44. The number of rotatable bonds is 5. The summed E-state index contributed by atoms with van der Waals surface area (Å²) in [5.41, 5.74) is 4.05. The Labute approximate surface area is 173 Å². The highest BCUT2D eigenvalue weighted by atomic mass is 32.1. The van der Waals surface area contributed by atoms with Crippen molar-refractivity contribution in [3.05, 3.63) is 113 Å². The molecule has 2 N–H and O–H groups in total. The first kappa shape index (κ1) is 17.7.